The molecule has 0 fully saturated rings. The zero-order valence-corrected chi connectivity index (χ0v) is 12.2. The third-order valence-electron chi connectivity index (χ3n) is 3.18. The van der Waals surface area contributed by atoms with Crippen molar-refractivity contribution in [1.29, 1.82) is 0 Å². The number of sulfone groups is 1. The summed E-state index contributed by atoms with van der Waals surface area (Å²) in [6.45, 7) is 0. The van der Waals surface area contributed by atoms with Crippen LogP contribution in [0, 0.1) is 0 Å². The van der Waals surface area contributed by atoms with Gasteiger partial charge in [0.1, 0.15) is 0 Å². The van der Waals surface area contributed by atoms with E-state index in [2.05, 4.69) is 0 Å². The number of fused-ring (bicyclic) bond motifs is 2. The summed E-state index contributed by atoms with van der Waals surface area (Å²) in [5.74, 6) is -2.01. The molecule has 2 aromatic rings. The number of hydrogen-bond donors (Lipinski definition) is 1. The van der Waals surface area contributed by atoms with Crippen molar-refractivity contribution in [3.63, 3.8) is 0 Å². The van der Waals surface area contributed by atoms with Crippen molar-refractivity contribution in [3.8, 4) is 0 Å². The van der Waals surface area contributed by atoms with Gasteiger partial charge in [0.15, 0.2) is 32.9 Å². The molecule has 1 aliphatic carbocycles. The van der Waals surface area contributed by atoms with Gasteiger partial charge < -0.3 is 9.52 Å². The fourth-order valence-electron chi connectivity index (χ4n) is 2.26. The summed E-state index contributed by atoms with van der Waals surface area (Å²) < 4.78 is 27.5. The average Bonchev–Trinajstić information content (AvgIpc) is 2.89. The summed E-state index contributed by atoms with van der Waals surface area (Å²) in [6.07, 6.45) is 0.901. The largest absolute Gasteiger partial charge is 0.504 e. The molecule has 0 saturated heterocycles. The van der Waals surface area contributed by atoms with Crippen LogP contribution in [-0.4, -0.2) is 31.3 Å². The molecule has 1 aliphatic rings. The van der Waals surface area contributed by atoms with Gasteiger partial charge in [0.2, 0.25) is 5.78 Å². The zero-order valence-electron chi connectivity index (χ0n) is 11.4. The van der Waals surface area contributed by atoms with Gasteiger partial charge in [0.05, 0.1) is 11.0 Å². The van der Waals surface area contributed by atoms with Gasteiger partial charge in [-0.25, -0.2) is 8.42 Å². The van der Waals surface area contributed by atoms with Gasteiger partial charge in [-0.1, -0.05) is 24.3 Å². The fourth-order valence-corrected chi connectivity index (χ4v) is 2.78. The standard InChI is InChI=1S/C15H10O6S/c1-22(19,20)7-11(16)12-6-10-13(17)8-4-2-3-5-9(8)14(18)15(10)21-12/h2-7,16H,1H3. The van der Waals surface area contributed by atoms with E-state index in [0.717, 1.165) is 6.26 Å². The van der Waals surface area contributed by atoms with Crippen LogP contribution in [0.15, 0.2) is 40.2 Å². The second kappa shape index (κ2) is 4.67. The molecule has 22 heavy (non-hydrogen) atoms. The number of carbonyl (C=O) groups excluding carboxylic acids is 2. The van der Waals surface area contributed by atoms with Crippen LogP contribution in [0.25, 0.3) is 5.76 Å². The highest BCUT2D eigenvalue weighted by molar-refractivity contribution is 7.93. The molecule has 1 N–H and O–H groups in total. The van der Waals surface area contributed by atoms with E-state index in [1.165, 1.54) is 18.2 Å². The molecule has 7 heteroatoms. The Balaban J connectivity index is 2.16. The Morgan fingerprint density at radius 2 is 1.68 bits per heavy atom. The fraction of sp³-hybridized carbons (Fsp3) is 0.0667. The van der Waals surface area contributed by atoms with Crippen molar-refractivity contribution < 1.29 is 27.5 Å². The molecular weight excluding hydrogens is 308 g/mol. The van der Waals surface area contributed by atoms with E-state index >= 15 is 0 Å². The first-order chi connectivity index (χ1) is 10.3. The summed E-state index contributed by atoms with van der Waals surface area (Å²) in [7, 11) is -3.60. The Hall–Kier alpha value is -2.67. The molecule has 0 saturated carbocycles. The van der Waals surface area contributed by atoms with Gasteiger partial charge in [-0.05, 0) is 6.07 Å². The number of furan rings is 1. The smallest absolute Gasteiger partial charge is 0.229 e. The Labute approximate surface area is 125 Å². The molecule has 0 spiro atoms. The Morgan fingerprint density at radius 1 is 1.09 bits per heavy atom. The van der Waals surface area contributed by atoms with E-state index in [1.54, 1.807) is 12.1 Å². The van der Waals surface area contributed by atoms with E-state index in [4.69, 9.17) is 4.42 Å². The average molecular weight is 318 g/mol. The number of aliphatic hydroxyl groups is 1. The van der Waals surface area contributed by atoms with E-state index in [1.807, 2.05) is 0 Å². The maximum absolute atomic E-state index is 12.3. The highest BCUT2D eigenvalue weighted by atomic mass is 32.2. The number of carbonyl (C=O) groups is 2. The number of hydrogen-bond acceptors (Lipinski definition) is 6. The molecule has 6 nitrogen and oxygen atoms in total. The van der Waals surface area contributed by atoms with Gasteiger partial charge in [-0.2, -0.15) is 0 Å². The summed E-state index contributed by atoms with van der Waals surface area (Å²) in [5, 5.41) is 10.4. The van der Waals surface area contributed by atoms with Crippen LogP contribution >= 0.6 is 0 Å². The van der Waals surface area contributed by atoms with E-state index < -0.39 is 27.2 Å². The van der Waals surface area contributed by atoms with E-state index in [9.17, 15) is 23.1 Å². The lowest BCUT2D eigenvalue weighted by Crippen LogP contribution is -2.18. The molecule has 0 bridgehead atoms. The third kappa shape index (κ3) is 2.25. The lowest BCUT2D eigenvalue weighted by molar-refractivity contribution is 0.0960. The van der Waals surface area contributed by atoms with E-state index in [-0.39, 0.29) is 28.2 Å². The van der Waals surface area contributed by atoms with Gasteiger partial charge in [-0.15, -0.1) is 0 Å². The number of aliphatic hydroxyl groups excluding tert-OH is 1. The molecule has 1 aromatic heterocycles. The third-order valence-corrected chi connectivity index (χ3v) is 3.83. The van der Waals surface area contributed by atoms with Gasteiger partial charge >= 0.3 is 0 Å². The SMILES string of the molecule is CS(=O)(=O)C=C(O)c1cc2c(o1)C(=O)c1ccccc1C2=O. The molecule has 0 unspecified atom stereocenters. The monoisotopic (exact) mass is 318 g/mol. The molecule has 0 amide bonds. The van der Waals surface area contributed by atoms with Crippen LogP contribution in [0.4, 0.5) is 0 Å². The topological polar surface area (TPSA) is 102 Å². The van der Waals surface area contributed by atoms with E-state index in [0.29, 0.717) is 5.41 Å². The van der Waals surface area contributed by atoms with Crippen LogP contribution in [0.1, 0.15) is 37.8 Å². The molecule has 0 aliphatic heterocycles. The second-order valence-electron chi connectivity index (χ2n) is 4.89. The van der Waals surface area contributed by atoms with Crippen LogP contribution in [-0.2, 0) is 9.84 Å². The second-order valence-corrected chi connectivity index (χ2v) is 6.78. The van der Waals surface area contributed by atoms with Crippen LogP contribution in [0.3, 0.4) is 0 Å². The lowest BCUT2D eigenvalue weighted by atomic mass is 9.89. The molecule has 0 atom stereocenters. The number of rotatable bonds is 2. The molecule has 112 valence electrons. The molecule has 1 heterocycles. The number of benzene rings is 1. The maximum atomic E-state index is 12.3. The Kier molecular flexibility index (Phi) is 3.03. The van der Waals surface area contributed by atoms with Gasteiger partial charge in [0.25, 0.3) is 0 Å². The van der Waals surface area contributed by atoms with Gasteiger partial charge in [0, 0.05) is 17.4 Å². The predicted molar refractivity (Wildman–Crippen MR) is 77.5 cm³/mol. The minimum Gasteiger partial charge on any atom is -0.504 e. The minimum atomic E-state index is -3.60. The van der Waals surface area contributed by atoms with Crippen molar-refractivity contribution in [3.05, 3.63) is 64.0 Å². The minimum absolute atomic E-state index is 0.00662. The first kappa shape index (κ1) is 14.3. The Bertz CT molecular complexity index is 894. The van der Waals surface area contributed by atoms with Crippen molar-refractivity contribution in [2.75, 3.05) is 6.26 Å². The summed E-state index contributed by atoms with van der Waals surface area (Å²) in [5.41, 5.74) is 0.471. The van der Waals surface area contributed by atoms with Crippen molar-refractivity contribution in [2.24, 2.45) is 0 Å². The van der Waals surface area contributed by atoms with Gasteiger partial charge in [-0.3, -0.25) is 9.59 Å². The first-order valence-electron chi connectivity index (χ1n) is 6.21. The summed E-state index contributed by atoms with van der Waals surface area (Å²) in [6, 6.07) is 7.46. The summed E-state index contributed by atoms with van der Waals surface area (Å²) >= 11 is 0. The molecule has 0 radical (unpaired) electrons. The molecule has 3 rings (SSSR count). The lowest BCUT2D eigenvalue weighted by Gasteiger charge is -2.11. The quantitative estimate of drug-likeness (QED) is 0.725. The Morgan fingerprint density at radius 3 is 2.27 bits per heavy atom. The normalized spacial score (nSPS) is 14.7. The van der Waals surface area contributed by atoms with Crippen LogP contribution in [0.5, 0.6) is 0 Å². The number of ketones is 2. The molecular formula is C15H10O6S. The molecule has 1 aromatic carbocycles. The first-order valence-corrected chi connectivity index (χ1v) is 8.17. The zero-order chi connectivity index (χ0) is 16.1. The predicted octanol–water partition coefficient (Wildman–Crippen LogP) is 1.96. The highest BCUT2D eigenvalue weighted by Gasteiger charge is 2.33. The van der Waals surface area contributed by atoms with Crippen molar-refractivity contribution >= 4 is 27.2 Å². The summed E-state index contributed by atoms with van der Waals surface area (Å²) in [4.78, 5) is 24.7. The highest BCUT2D eigenvalue weighted by Crippen LogP contribution is 2.31. The van der Waals surface area contributed by atoms with Crippen LogP contribution in [0.2, 0.25) is 0 Å². The maximum Gasteiger partial charge on any atom is 0.229 e. The van der Waals surface area contributed by atoms with Crippen LogP contribution < -0.4 is 0 Å². The van der Waals surface area contributed by atoms with Crippen molar-refractivity contribution in [1.82, 2.24) is 0 Å². The van der Waals surface area contributed by atoms with Crippen molar-refractivity contribution in [2.45, 2.75) is 0 Å².